The Morgan fingerprint density at radius 3 is 2.29 bits per heavy atom. The van der Waals surface area contributed by atoms with Gasteiger partial charge in [0.05, 0.1) is 5.02 Å². The second kappa shape index (κ2) is 11.3. The van der Waals surface area contributed by atoms with E-state index in [0.29, 0.717) is 44.0 Å². The van der Waals surface area contributed by atoms with Crippen molar-refractivity contribution in [1.29, 1.82) is 0 Å². The van der Waals surface area contributed by atoms with Gasteiger partial charge in [0.25, 0.3) is 0 Å². The summed E-state index contributed by atoms with van der Waals surface area (Å²) in [6.45, 7) is 1.81. The fourth-order valence-electron chi connectivity index (χ4n) is 3.36. The number of halogens is 3. The number of nitro groups is 1. The van der Waals surface area contributed by atoms with Crippen molar-refractivity contribution < 1.29 is 9.66 Å². The molecule has 0 N–H and O–H groups in total. The molecule has 0 saturated carbocycles. The molecular formula is C24H19Cl3N4O3S. The van der Waals surface area contributed by atoms with Gasteiger partial charge in [-0.1, -0.05) is 64.8 Å². The number of benzene rings is 3. The van der Waals surface area contributed by atoms with Gasteiger partial charge >= 0.3 is 0 Å². The molecule has 1 heterocycles. The monoisotopic (exact) mass is 548 g/mol. The molecule has 11 heteroatoms. The summed E-state index contributed by atoms with van der Waals surface area (Å²) in [5, 5.41) is 21.5. The highest BCUT2D eigenvalue weighted by Gasteiger charge is 2.24. The molecular weight excluding hydrogens is 531 g/mol. The topological polar surface area (TPSA) is 83.1 Å². The summed E-state index contributed by atoms with van der Waals surface area (Å²) in [5.41, 5.74) is 2.43. The summed E-state index contributed by atoms with van der Waals surface area (Å²) in [7, 11) is 0. The lowest BCUT2D eigenvalue weighted by atomic mass is 10.1. The van der Waals surface area contributed by atoms with Crippen LogP contribution in [0.5, 0.6) is 5.75 Å². The number of aromatic nitrogens is 3. The number of aryl methyl sites for hydroxylation is 1. The van der Waals surface area contributed by atoms with Crippen LogP contribution in [0, 0.1) is 17.0 Å². The average molecular weight is 550 g/mol. The Labute approximate surface area is 221 Å². The van der Waals surface area contributed by atoms with Crippen LogP contribution >= 0.6 is 46.6 Å². The molecule has 0 aliphatic rings. The Hall–Kier alpha value is -2.78. The van der Waals surface area contributed by atoms with Crippen LogP contribution in [-0.4, -0.2) is 26.2 Å². The van der Waals surface area contributed by atoms with E-state index in [0.717, 1.165) is 11.3 Å². The van der Waals surface area contributed by atoms with E-state index in [1.807, 2.05) is 35.8 Å². The van der Waals surface area contributed by atoms with Crippen LogP contribution in [-0.2, 0) is 6.61 Å². The van der Waals surface area contributed by atoms with E-state index >= 15 is 0 Å². The molecule has 35 heavy (non-hydrogen) atoms. The Balaban J connectivity index is 1.56. The van der Waals surface area contributed by atoms with E-state index in [1.54, 1.807) is 42.5 Å². The van der Waals surface area contributed by atoms with Gasteiger partial charge in [-0.15, -0.1) is 10.2 Å². The molecule has 0 spiro atoms. The van der Waals surface area contributed by atoms with Gasteiger partial charge < -0.3 is 4.74 Å². The predicted octanol–water partition coefficient (Wildman–Crippen LogP) is 7.23. The maximum atomic E-state index is 11.5. The first-order valence-electron chi connectivity index (χ1n) is 10.4. The first kappa shape index (κ1) is 25.3. The number of hydrogen-bond acceptors (Lipinski definition) is 6. The minimum atomic E-state index is -0.553. The highest BCUT2D eigenvalue weighted by molar-refractivity contribution is 7.99. The van der Waals surface area contributed by atoms with Crippen molar-refractivity contribution in [3.05, 3.63) is 109 Å². The molecule has 0 aliphatic heterocycles. The second-order valence-corrected chi connectivity index (χ2v) is 10.0. The van der Waals surface area contributed by atoms with E-state index in [9.17, 15) is 10.1 Å². The standard InChI is InChI=1S/C24H19Cl3N4O3S/c1-15-28-29-24(31(15)20-9-7-19(26)8-10-20)35-23(13-30(32)33)17-4-11-22(21(27)12-17)34-14-16-2-5-18(25)6-3-16/h2-12,23H,13-14H2,1H3/t23-/m1/s1. The summed E-state index contributed by atoms with van der Waals surface area (Å²) in [6.07, 6.45) is 0. The van der Waals surface area contributed by atoms with Gasteiger partial charge in [0, 0.05) is 20.7 Å². The maximum Gasteiger partial charge on any atom is 0.220 e. The van der Waals surface area contributed by atoms with Crippen LogP contribution < -0.4 is 4.74 Å². The molecule has 7 nitrogen and oxygen atoms in total. The largest absolute Gasteiger partial charge is 0.487 e. The fourth-order valence-corrected chi connectivity index (χ4v) is 5.02. The summed E-state index contributed by atoms with van der Waals surface area (Å²) in [5.74, 6) is 1.13. The van der Waals surface area contributed by atoms with Gasteiger partial charge in [-0.3, -0.25) is 14.7 Å². The second-order valence-electron chi connectivity index (χ2n) is 7.57. The van der Waals surface area contributed by atoms with Gasteiger partial charge in [-0.05, 0) is 66.6 Å². The minimum Gasteiger partial charge on any atom is -0.487 e. The Morgan fingerprint density at radius 1 is 1.00 bits per heavy atom. The highest BCUT2D eigenvalue weighted by atomic mass is 35.5. The van der Waals surface area contributed by atoms with Crippen LogP contribution in [0.1, 0.15) is 22.2 Å². The molecule has 1 atom stereocenters. The minimum absolute atomic E-state index is 0.312. The van der Waals surface area contributed by atoms with Crippen molar-refractivity contribution in [1.82, 2.24) is 14.8 Å². The lowest BCUT2D eigenvalue weighted by molar-refractivity contribution is -0.479. The van der Waals surface area contributed by atoms with Gasteiger partial charge in [-0.2, -0.15) is 0 Å². The van der Waals surface area contributed by atoms with Crippen LogP contribution in [0.25, 0.3) is 5.69 Å². The summed E-state index contributed by atoms with van der Waals surface area (Å²) < 4.78 is 7.67. The van der Waals surface area contributed by atoms with Crippen molar-refractivity contribution >= 4 is 46.6 Å². The van der Waals surface area contributed by atoms with Crippen LogP contribution in [0.2, 0.25) is 15.1 Å². The van der Waals surface area contributed by atoms with Gasteiger partial charge in [0.1, 0.15) is 23.4 Å². The predicted molar refractivity (Wildman–Crippen MR) is 139 cm³/mol. The maximum absolute atomic E-state index is 11.5. The molecule has 3 aromatic carbocycles. The number of hydrogen-bond donors (Lipinski definition) is 0. The average Bonchev–Trinajstić information content (AvgIpc) is 3.19. The molecule has 0 radical (unpaired) electrons. The van der Waals surface area contributed by atoms with Gasteiger partial charge in [0.2, 0.25) is 6.54 Å². The summed E-state index contributed by atoms with van der Waals surface area (Å²) in [6, 6.07) is 19.7. The van der Waals surface area contributed by atoms with Crippen LogP contribution in [0.4, 0.5) is 0 Å². The molecule has 180 valence electrons. The lowest BCUT2D eigenvalue weighted by Crippen LogP contribution is -2.11. The zero-order valence-electron chi connectivity index (χ0n) is 18.4. The van der Waals surface area contributed by atoms with Crippen molar-refractivity contribution in [2.45, 2.75) is 23.9 Å². The third-order valence-electron chi connectivity index (χ3n) is 5.08. The number of ether oxygens (including phenoxy) is 1. The first-order chi connectivity index (χ1) is 16.8. The van der Waals surface area contributed by atoms with Gasteiger partial charge in [0.15, 0.2) is 5.16 Å². The number of nitrogens with zero attached hydrogens (tertiary/aromatic N) is 4. The van der Waals surface area contributed by atoms with Crippen molar-refractivity contribution in [3.63, 3.8) is 0 Å². The van der Waals surface area contributed by atoms with E-state index < -0.39 is 5.25 Å². The van der Waals surface area contributed by atoms with E-state index in [1.165, 1.54) is 11.8 Å². The van der Waals surface area contributed by atoms with Crippen molar-refractivity contribution in [2.75, 3.05) is 6.54 Å². The molecule has 4 aromatic rings. The third-order valence-corrected chi connectivity index (χ3v) is 7.06. The molecule has 0 saturated heterocycles. The molecule has 0 bridgehead atoms. The lowest BCUT2D eigenvalue weighted by Gasteiger charge is -2.16. The molecule has 0 amide bonds. The first-order valence-corrected chi connectivity index (χ1v) is 12.4. The van der Waals surface area contributed by atoms with Crippen LogP contribution in [0.3, 0.4) is 0 Å². The van der Waals surface area contributed by atoms with Crippen molar-refractivity contribution in [2.24, 2.45) is 0 Å². The molecule has 0 aliphatic carbocycles. The molecule has 0 unspecified atom stereocenters. The van der Waals surface area contributed by atoms with E-state index in [4.69, 9.17) is 39.5 Å². The van der Waals surface area contributed by atoms with Crippen LogP contribution in [0.15, 0.2) is 71.9 Å². The quantitative estimate of drug-likeness (QED) is 0.124. The fraction of sp³-hybridized carbons (Fsp3) is 0.167. The smallest absolute Gasteiger partial charge is 0.220 e. The number of thioether (sulfide) groups is 1. The zero-order chi connectivity index (χ0) is 24.9. The zero-order valence-corrected chi connectivity index (χ0v) is 21.5. The van der Waals surface area contributed by atoms with Crippen molar-refractivity contribution in [3.8, 4) is 11.4 Å². The highest BCUT2D eigenvalue weighted by Crippen LogP contribution is 2.38. The Bertz CT molecular complexity index is 1330. The Morgan fingerprint density at radius 2 is 1.66 bits per heavy atom. The SMILES string of the molecule is Cc1nnc(S[C@H](C[N+](=O)[O-])c2ccc(OCc3ccc(Cl)cc3)c(Cl)c2)n1-c1ccc(Cl)cc1. The normalized spacial score (nSPS) is 11.9. The third kappa shape index (κ3) is 6.46. The molecule has 1 aromatic heterocycles. The summed E-state index contributed by atoms with van der Waals surface area (Å²) >= 11 is 19.7. The van der Waals surface area contributed by atoms with Gasteiger partial charge in [-0.25, -0.2) is 0 Å². The van der Waals surface area contributed by atoms with E-state index in [2.05, 4.69) is 10.2 Å². The summed E-state index contributed by atoms with van der Waals surface area (Å²) in [4.78, 5) is 11.1. The molecule has 0 fully saturated rings. The Kier molecular flexibility index (Phi) is 8.18. The number of rotatable bonds is 9. The molecule has 4 rings (SSSR count). The van der Waals surface area contributed by atoms with E-state index in [-0.39, 0.29) is 11.5 Å².